The van der Waals surface area contributed by atoms with E-state index in [1.165, 1.54) is 0 Å². The number of imidazole rings is 1. The summed E-state index contributed by atoms with van der Waals surface area (Å²) >= 11 is 11.7. The molecule has 0 unspecified atom stereocenters. The molecule has 5 nitrogen and oxygen atoms in total. The lowest BCUT2D eigenvalue weighted by Gasteiger charge is -1.95. The second-order valence-corrected chi connectivity index (χ2v) is 3.67. The van der Waals surface area contributed by atoms with Gasteiger partial charge in [0, 0.05) is 23.4 Å². The number of aromatic nitrogens is 2. The molecule has 0 fully saturated rings. The third kappa shape index (κ3) is 1.99. The zero-order valence-corrected chi connectivity index (χ0v) is 8.94. The Balaban J connectivity index is 2.51. The van der Waals surface area contributed by atoms with Crippen LogP contribution in [0.4, 0.5) is 0 Å². The molecule has 0 N–H and O–H groups in total. The topological polar surface area (TPSA) is 66.1 Å². The fourth-order valence-electron chi connectivity index (χ4n) is 1.22. The maximum atomic E-state index is 8.17. The smallest absolute Gasteiger partial charge is 0.138 e. The lowest BCUT2D eigenvalue weighted by Crippen LogP contribution is -1.82. The standard InChI is InChI=1S/C8H5Cl2N5/c9-6-1-8-13-5(2-12-14-11)3-15(8)4-7(6)10/h1,3-4H,2H2. The highest BCUT2D eigenvalue weighted by Gasteiger charge is 2.04. The van der Waals surface area contributed by atoms with E-state index in [4.69, 9.17) is 28.7 Å². The number of halogens is 2. The van der Waals surface area contributed by atoms with Gasteiger partial charge in [0.2, 0.25) is 0 Å². The molecule has 7 heteroatoms. The molecule has 0 spiro atoms. The van der Waals surface area contributed by atoms with E-state index in [2.05, 4.69) is 15.0 Å². The van der Waals surface area contributed by atoms with Crippen LogP contribution in [0, 0.1) is 0 Å². The van der Waals surface area contributed by atoms with Gasteiger partial charge in [-0.1, -0.05) is 28.3 Å². The molecule has 0 radical (unpaired) electrons. The summed E-state index contributed by atoms with van der Waals surface area (Å²) in [4.78, 5) is 6.87. The highest BCUT2D eigenvalue weighted by atomic mass is 35.5. The minimum atomic E-state index is 0.216. The highest BCUT2D eigenvalue weighted by molar-refractivity contribution is 6.42. The third-order valence-corrected chi connectivity index (χ3v) is 2.55. The van der Waals surface area contributed by atoms with E-state index >= 15 is 0 Å². The monoisotopic (exact) mass is 241 g/mol. The van der Waals surface area contributed by atoms with Gasteiger partial charge in [0.05, 0.1) is 22.3 Å². The van der Waals surface area contributed by atoms with Crippen LogP contribution >= 0.6 is 23.2 Å². The molecule has 2 rings (SSSR count). The Hall–Kier alpha value is -1.42. The van der Waals surface area contributed by atoms with Gasteiger partial charge in [0.1, 0.15) is 5.65 Å². The van der Waals surface area contributed by atoms with Crippen LogP contribution < -0.4 is 0 Å². The first-order chi connectivity index (χ1) is 7.20. The summed E-state index contributed by atoms with van der Waals surface area (Å²) in [7, 11) is 0. The molecule has 0 saturated heterocycles. The molecule has 2 heterocycles. The maximum Gasteiger partial charge on any atom is 0.138 e. The number of hydrogen-bond donors (Lipinski definition) is 0. The number of rotatable bonds is 2. The van der Waals surface area contributed by atoms with Gasteiger partial charge in [-0.25, -0.2) is 4.98 Å². The van der Waals surface area contributed by atoms with E-state index in [1.807, 2.05) is 0 Å². The van der Waals surface area contributed by atoms with Gasteiger partial charge >= 0.3 is 0 Å². The predicted molar refractivity (Wildman–Crippen MR) is 58.1 cm³/mol. The quantitative estimate of drug-likeness (QED) is 0.451. The predicted octanol–water partition coefficient (Wildman–Crippen LogP) is 3.45. The molecule has 0 saturated carbocycles. The molecule has 0 aliphatic carbocycles. The lowest BCUT2D eigenvalue weighted by atomic mass is 10.5. The lowest BCUT2D eigenvalue weighted by molar-refractivity contribution is 0.998. The van der Waals surface area contributed by atoms with Crippen molar-refractivity contribution in [2.75, 3.05) is 0 Å². The summed E-state index contributed by atoms with van der Waals surface area (Å²) in [5, 5.41) is 4.33. The second kappa shape index (κ2) is 3.98. The summed E-state index contributed by atoms with van der Waals surface area (Å²) < 4.78 is 1.73. The van der Waals surface area contributed by atoms with E-state index in [0.29, 0.717) is 21.4 Å². The summed E-state index contributed by atoms with van der Waals surface area (Å²) in [6, 6.07) is 1.66. The van der Waals surface area contributed by atoms with E-state index < -0.39 is 0 Å². The van der Waals surface area contributed by atoms with E-state index in [0.717, 1.165) is 0 Å². The first kappa shape index (κ1) is 10.1. The Morgan fingerprint density at radius 2 is 2.20 bits per heavy atom. The van der Waals surface area contributed by atoms with Gasteiger partial charge in [-0.2, -0.15) is 0 Å². The van der Waals surface area contributed by atoms with Crippen molar-refractivity contribution in [2.24, 2.45) is 5.11 Å². The van der Waals surface area contributed by atoms with Crippen LogP contribution in [0.1, 0.15) is 5.69 Å². The zero-order chi connectivity index (χ0) is 10.8. The third-order valence-electron chi connectivity index (χ3n) is 1.84. The van der Waals surface area contributed by atoms with Gasteiger partial charge in [0.15, 0.2) is 0 Å². The van der Waals surface area contributed by atoms with Crippen molar-refractivity contribution < 1.29 is 0 Å². The minimum Gasteiger partial charge on any atom is -0.305 e. The Bertz CT molecular complexity index is 516. The maximum absolute atomic E-state index is 8.17. The van der Waals surface area contributed by atoms with Gasteiger partial charge in [-0.05, 0) is 5.53 Å². The number of fused-ring (bicyclic) bond motifs is 1. The van der Waals surface area contributed by atoms with Crippen LogP contribution in [-0.2, 0) is 6.54 Å². The van der Waals surface area contributed by atoms with Gasteiger partial charge < -0.3 is 4.40 Å². The summed E-state index contributed by atoms with van der Waals surface area (Å²) in [5.74, 6) is 0. The average molecular weight is 242 g/mol. The minimum absolute atomic E-state index is 0.216. The van der Waals surface area contributed by atoms with Crippen molar-refractivity contribution >= 4 is 28.8 Å². The zero-order valence-electron chi connectivity index (χ0n) is 7.43. The van der Waals surface area contributed by atoms with Crippen molar-refractivity contribution in [1.29, 1.82) is 0 Å². The van der Waals surface area contributed by atoms with Crippen LogP contribution in [0.5, 0.6) is 0 Å². The first-order valence-electron chi connectivity index (χ1n) is 4.04. The van der Waals surface area contributed by atoms with Gasteiger partial charge in [-0.3, -0.25) is 0 Å². The van der Waals surface area contributed by atoms with Crippen LogP contribution in [-0.4, -0.2) is 9.38 Å². The van der Waals surface area contributed by atoms with Gasteiger partial charge in [0.25, 0.3) is 0 Å². The van der Waals surface area contributed by atoms with E-state index in [9.17, 15) is 0 Å². The molecule has 0 aliphatic rings. The molecule has 76 valence electrons. The summed E-state index contributed by atoms with van der Waals surface area (Å²) in [6.07, 6.45) is 3.40. The number of pyridine rings is 1. The molecule has 0 bridgehead atoms. The van der Waals surface area contributed by atoms with E-state index in [1.54, 1.807) is 22.9 Å². The molecule has 0 atom stereocenters. The van der Waals surface area contributed by atoms with Crippen molar-refractivity contribution in [3.63, 3.8) is 0 Å². The fourth-order valence-corrected chi connectivity index (χ4v) is 1.52. The Kier molecular flexibility index (Phi) is 2.68. The molecule has 0 aromatic carbocycles. The molecular weight excluding hydrogens is 237 g/mol. The van der Waals surface area contributed by atoms with Crippen molar-refractivity contribution in [3.05, 3.63) is 44.6 Å². The van der Waals surface area contributed by atoms with Crippen LogP contribution in [0.2, 0.25) is 10.0 Å². The SMILES string of the molecule is [N-]=[N+]=NCc1cn2cc(Cl)c(Cl)cc2n1. The van der Waals surface area contributed by atoms with Crippen LogP contribution in [0.3, 0.4) is 0 Å². The van der Waals surface area contributed by atoms with Crippen LogP contribution in [0.25, 0.3) is 16.1 Å². The normalized spacial score (nSPS) is 10.3. The molecule has 2 aromatic heterocycles. The molecule has 0 amide bonds. The average Bonchev–Trinajstić information content (AvgIpc) is 2.58. The first-order valence-corrected chi connectivity index (χ1v) is 4.80. The van der Waals surface area contributed by atoms with Crippen molar-refractivity contribution in [1.82, 2.24) is 9.38 Å². The number of azide groups is 1. The molecule has 15 heavy (non-hydrogen) atoms. The Labute approximate surface area is 94.9 Å². The largest absolute Gasteiger partial charge is 0.305 e. The number of nitrogens with zero attached hydrogens (tertiary/aromatic N) is 5. The summed E-state index contributed by atoms with van der Waals surface area (Å²) in [6.45, 7) is 0.216. The molecular formula is C8H5Cl2N5. The molecule has 2 aromatic rings. The molecule has 0 aliphatic heterocycles. The van der Waals surface area contributed by atoms with Gasteiger partial charge in [-0.15, -0.1) is 0 Å². The highest BCUT2D eigenvalue weighted by Crippen LogP contribution is 2.23. The van der Waals surface area contributed by atoms with Crippen LogP contribution in [0.15, 0.2) is 23.6 Å². The van der Waals surface area contributed by atoms with Crippen molar-refractivity contribution in [2.45, 2.75) is 6.54 Å². The van der Waals surface area contributed by atoms with Crippen molar-refractivity contribution in [3.8, 4) is 0 Å². The van der Waals surface area contributed by atoms with E-state index in [-0.39, 0.29) is 6.54 Å². The summed E-state index contributed by atoms with van der Waals surface area (Å²) in [5.41, 5.74) is 9.52. The number of hydrogen-bond acceptors (Lipinski definition) is 2. The Morgan fingerprint density at radius 1 is 1.40 bits per heavy atom. The fraction of sp³-hybridized carbons (Fsp3) is 0.125. The Morgan fingerprint density at radius 3 is 2.93 bits per heavy atom. The second-order valence-electron chi connectivity index (χ2n) is 2.86.